The summed E-state index contributed by atoms with van der Waals surface area (Å²) in [6.45, 7) is 0.249. The van der Waals surface area contributed by atoms with Crippen LogP contribution in [0.1, 0.15) is 12.8 Å². The van der Waals surface area contributed by atoms with E-state index in [0.717, 1.165) is 4.90 Å². The largest absolute Gasteiger partial charge is 0.495 e. The SMILES string of the molecule is COc1ccc(NC(=O)CCCN2C(=O)CNC2=O)cc1N.Cl. The van der Waals surface area contributed by atoms with Crippen LogP contribution in [-0.2, 0) is 9.59 Å². The van der Waals surface area contributed by atoms with Crippen molar-refractivity contribution in [3.8, 4) is 5.75 Å². The van der Waals surface area contributed by atoms with Crippen LogP contribution in [0, 0.1) is 0 Å². The molecular weight excluding hydrogens is 324 g/mol. The fraction of sp³-hybridized carbons (Fsp3) is 0.357. The number of methoxy groups -OCH3 is 1. The van der Waals surface area contributed by atoms with Gasteiger partial charge >= 0.3 is 6.03 Å². The van der Waals surface area contributed by atoms with Gasteiger partial charge in [0, 0.05) is 18.7 Å². The molecule has 0 spiro atoms. The van der Waals surface area contributed by atoms with Crippen LogP contribution in [0.3, 0.4) is 0 Å². The van der Waals surface area contributed by atoms with E-state index in [1.54, 1.807) is 18.2 Å². The zero-order valence-electron chi connectivity index (χ0n) is 12.6. The number of carbonyl (C=O) groups is 3. The Hall–Kier alpha value is -2.48. The molecular formula is C14H19ClN4O4. The van der Waals surface area contributed by atoms with Crippen LogP contribution in [0.15, 0.2) is 18.2 Å². The molecule has 9 heteroatoms. The third-order valence-corrected chi connectivity index (χ3v) is 3.24. The van der Waals surface area contributed by atoms with Gasteiger partial charge in [-0.1, -0.05) is 0 Å². The number of hydrogen-bond donors (Lipinski definition) is 3. The van der Waals surface area contributed by atoms with E-state index in [1.807, 2.05) is 0 Å². The van der Waals surface area contributed by atoms with Crippen molar-refractivity contribution in [2.24, 2.45) is 0 Å². The van der Waals surface area contributed by atoms with Crippen molar-refractivity contribution in [1.82, 2.24) is 10.2 Å². The van der Waals surface area contributed by atoms with Gasteiger partial charge in [-0.3, -0.25) is 14.5 Å². The summed E-state index contributed by atoms with van der Waals surface area (Å²) in [4.78, 5) is 35.6. The molecule has 0 atom stereocenters. The Kier molecular flexibility index (Phi) is 6.65. The molecule has 0 radical (unpaired) electrons. The summed E-state index contributed by atoms with van der Waals surface area (Å²) in [6.07, 6.45) is 0.597. The van der Waals surface area contributed by atoms with Gasteiger partial charge in [-0.05, 0) is 24.6 Å². The predicted octanol–water partition coefficient (Wildman–Crippen LogP) is 0.970. The van der Waals surface area contributed by atoms with Crippen molar-refractivity contribution in [3.05, 3.63) is 18.2 Å². The number of carbonyl (C=O) groups excluding carboxylic acids is 3. The van der Waals surface area contributed by atoms with Crippen LogP contribution in [0.5, 0.6) is 5.75 Å². The number of nitrogens with one attached hydrogen (secondary N) is 2. The van der Waals surface area contributed by atoms with Gasteiger partial charge in [0.1, 0.15) is 5.75 Å². The van der Waals surface area contributed by atoms with Gasteiger partial charge < -0.3 is 21.1 Å². The van der Waals surface area contributed by atoms with E-state index in [2.05, 4.69) is 10.6 Å². The molecule has 1 aromatic rings. The number of benzene rings is 1. The minimum Gasteiger partial charge on any atom is -0.495 e. The minimum atomic E-state index is -0.409. The average Bonchev–Trinajstić information content (AvgIpc) is 2.79. The Morgan fingerprint density at radius 1 is 1.43 bits per heavy atom. The molecule has 1 aromatic carbocycles. The van der Waals surface area contributed by atoms with Gasteiger partial charge in [-0.2, -0.15) is 0 Å². The fourth-order valence-corrected chi connectivity index (χ4v) is 2.11. The Balaban J connectivity index is 0.00000264. The second-order valence-electron chi connectivity index (χ2n) is 4.81. The fourth-order valence-electron chi connectivity index (χ4n) is 2.11. The number of hydrogen-bond acceptors (Lipinski definition) is 5. The summed E-state index contributed by atoms with van der Waals surface area (Å²) < 4.78 is 5.03. The molecule has 126 valence electrons. The highest BCUT2D eigenvalue weighted by Crippen LogP contribution is 2.24. The maximum absolute atomic E-state index is 11.8. The van der Waals surface area contributed by atoms with Crippen molar-refractivity contribution >= 4 is 41.6 Å². The lowest BCUT2D eigenvalue weighted by Gasteiger charge is -2.12. The molecule has 0 unspecified atom stereocenters. The van der Waals surface area contributed by atoms with Gasteiger partial charge in [0.2, 0.25) is 11.8 Å². The number of nitrogen functional groups attached to an aromatic ring is 1. The number of ether oxygens (including phenoxy) is 1. The lowest BCUT2D eigenvalue weighted by atomic mass is 10.2. The molecule has 8 nitrogen and oxygen atoms in total. The van der Waals surface area contributed by atoms with E-state index in [9.17, 15) is 14.4 Å². The molecule has 0 aliphatic carbocycles. The summed E-state index contributed by atoms with van der Waals surface area (Å²) in [6, 6.07) is 4.55. The summed E-state index contributed by atoms with van der Waals surface area (Å²) in [7, 11) is 1.51. The smallest absolute Gasteiger partial charge is 0.324 e. The van der Waals surface area contributed by atoms with Crippen molar-refractivity contribution in [1.29, 1.82) is 0 Å². The number of nitrogens with zero attached hydrogens (tertiary/aromatic N) is 1. The highest BCUT2D eigenvalue weighted by atomic mass is 35.5. The summed E-state index contributed by atoms with van der Waals surface area (Å²) in [5.74, 6) is 0.0570. The molecule has 0 aromatic heterocycles. The Morgan fingerprint density at radius 2 is 2.17 bits per heavy atom. The molecule has 1 aliphatic rings. The number of urea groups is 1. The Labute approximate surface area is 139 Å². The predicted molar refractivity (Wildman–Crippen MR) is 87.6 cm³/mol. The van der Waals surface area contributed by atoms with Gasteiger partial charge in [-0.25, -0.2) is 4.79 Å². The van der Waals surface area contributed by atoms with Crippen molar-refractivity contribution in [2.45, 2.75) is 12.8 Å². The molecule has 4 amide bonds. The van der Waals surface area contributed by atoms with Crippen LogP contribution in [0.4, 0.5) is 16.2 Å². The van der Waals surface area contributed by atoms with Crippen LogP contribution < -0.4 is 21.1 Å². The minimum absolute atomic E-state index is 0. The van der Waals surface area contributed by atoms with E-state index in [-0.39, 0.29) is 43.7 Å². The van der Waals surface area contributed by atoms with E-state index >= 15 is 0 Å². The standard InChI is InChI=1S/C14H18N4O4.ClH/c1-22-11-5-4-9(7-10(11)15)17-12(19)3-2-6-18-13(20)8-16-14(18)21;/h4-5,7H,2-3,6,8,15H2,1H3,(H,16,21)(H,17,19);1H. The van der Waals surface area contributed by atoms with Crippen LogP contribution in [0.2, 0.25) is 0 Å². The van der Waals surface area contributed by atoms with E-state index in [4.69, 9.17) is 10.5 Å². The lowest BCUT2D eigenvalue weighted by Crippen LogP contribution is -2.32. The number of amides is 4. The molecule has 1 saturated heterocycles. The second kappa shape index (κ2) is 8.23. The van der Waals surface area contributed by atoms with Crippen molar-refractivity contribution in [2.75, 3.05) is 31.2 Å². The molecule has 1 aliphatic heterocycles. The van der Waals surface area contributed by atoms with E-state index in [0.29, 0.717) is 23.5 Å². The first kappa shape index (κ1) is 18.6. The number of nitrogens with two attached hydrogens (primary N) is 1. The van der Waals surface area contributed by atoms with Gasteiger partial charge in [0.25, 0.3) is 0 Å². The average molecular weight is 343 g/mol. The van der Waals surface area contributed by atoms with Crippen molar-refractivity contribution < 1.29 is 19.1 Å². The monoisotopic (exact) mass is 342 g/mol. The third kappa shape index (κ3) is 4.75. The van der Waals surface area contributed by atoms with E-state index in [1.165, 1.54) is 7.11 Å². The Bertz CT molecular complexity index is 592. The normalized spacial score (nSPS) is 13.3. The van der Waals surface area contributed by atoms with Gasteiger partial charge in [0.15, 0.2) is 0 Å². The van der Waals surface area contributed by atoms with Crippen molar-refractivity contribution in [3.63, 3.8) is 0 Å². The molecule has 2 rings (SSSR count). The van der Waals surface area contributed by atoms with Gasteiger partial charge in [-0.15, -0.1) is 12.4 Å². The van der Waals surface area contributed by atoms with E-state index < -0.39 is 6.03 Å². The summed E-state index contributed by atoms with van der Waals surface area (Å²) in [5.41, 5.74) is 6.75. The second-order valence-corrected chi connectivity index (χ2v) is 4.81. The number of halogens is 1. The molecule has 1 heterocycles. The maximum Gasteiger partial charge on any atom is 0.324 e. The highest BCUT2D eigenvalue weighted by Gasteiger charge is 2.27. The first-order valence-electron chi connectivity index (χ1n) is 6.83. The summed E-state index contributed by atoms with van der Waals surface area (Å²) >= 11 is 0. The van der Waals surface area contributed by atoms with Crippen LogP contribution >= 0.6 is 12.4 Å². The summed E-state index contributed by atoms with van der Waals surface area (Å²) in [5, 5.41) is 5.13. The molecule has 23 heavy (non-hydrogen) atoms. The van der Waals surface area contributed by atoms with Gasteiger partial charge in [0.05, 0.1) is 19.3 Å². The molecule has 0 bridgehead atoms. The topological polar surface area (TPSA) is 114 Å². The van der Waals surface area contributed by atoms with Crippen LogP contribution in [0.25, 0.3) is 0 Å². The number of imide groups is 1. The molecule has 4 N–H and O–H groups in total. The highest BCUT2D eigenvalue weighted by molar-refractivity contribution is 6.02. The molecule has 1 fully saturated rings. The number of rotatable bonds is 6. The zero-order chi connectivity index (χ0) is 16.1. The maximum atomic E-state index is 11.8. The number of anilines is 2. The third-order valence-electron chi connectivity index (χ3n) is 3.24. The first-order chi connectivity index (χ1) is 10.5. The van der Waals surface area contributed by atoms with Crippen LogP contribution in [-0.4, -0.2) is 42.9 Å². The first-order valence-corrected chi connectivity index (χ1v) is 6.83. The quantitative estimate of drug-likeness (QED) is 0.526. The molecule has 0 saturated carbocycles. The Morgan fingerprint density at radius 3 is 2.74 bits per heavy atom. The lowest BCUT2D eigenvalue weighted by molar-refractivity contribution is -0.125. The zero-order valence-corrected chi connectivity index (χ0v) is 13.4.